The zero-order valence-corrected chi connectivity index (χ0v) is 12.0. The van der Waals surface area contributed by atoms with Gasteiger partial charge in [0.1, 0.15) is 5.60 Å². The van der Waals surface area contributed by atoms with Crippen molar-refractivity contribution in [2.45, 2.75) is 25.2 Å². The molecule has 1 heterocycles. The fourth-order valence-electron chi connectivity index (χ4n) is 2.18. The zero-order valence-electron chi connectivity index (χ0n) is 11.0. The van der Waals surface area contributed by atoms with Gasteiger partial charge in [0.25, 0.3) is 0 Å². The fourth-order valence-corrected chi connectivity index (χ4v) is 3.35. The first-order valence-corrected chi connectivity index (χ1v) is 9.54. The number of hydrogen-bond donors (Lipinski definition) is 2. The second kappa shape index (κ2) is 4.10. The molecule has 1 aliphatic heterocycles. The summed E-state index contributed by atoms with van der Waals surface area (Å²) in [6.45, 7) is 7.13. The van der Waals surface area contributed by atoms with Crippen molar-refractivity contribution in [2.75, 3.05) is 13.1 Å². The molecule has 0 spiro atoms. The van der Waals surface area contributed by atoms with Crippen LogP contribution < -0.4 is 5.19 Å². The molecule has 1 saturated heterocycles. The Morgan fingerprint density at radius 3 is 2.11 bits per heavy atom. The van der Waals surface area contributed by atoms with E-state index in [4.69, 9.17) is 5.11 Å². The molecular weight excluding hydrogens is 246 g/mol. The SMILES string of the molecule is C[Si](C)(C)c1ccc(C2(O)CN(C(=O)O)C2)cc1. The smallest absolute Gasteiger partial charge is 0.407 e. The van der Waals surface area contributed by atoms with Gasteiger partial charge >= 0.3 is 6.09 Å². The van der Waals surface area contributed by atoms with Gasteiger partial charge in [-0.15, -0.1) is 0 Å². The summed E-state index contributed by atoms with van der Waals surface area (Å²) < 4.78 is 0. The van der Waals surface area contributed by atoms with E-state index in [0.29, 0.717) is 0 Å². The van der Waals surface area contributed by atoms with Crippen LogP contribution in [-0.2, 0) is 5.60 Å². The summed E-state index contributed by atoms with van der Waals surface area (Å²) in [5.74, 6) is 0. The van der Waals surface area contributed by atoms with Gasteiger partial charge < -0.3 is 15.1 Å². The van der Waals surface area contributed by atoms with E-state index in [9.17, 15) is 9.90 Å². The molecule has 0 saturated carbocycles. The van der Waals surface area contributed by atoms with Crippen LogP contribution in [-0.4, -0.2) is 42.4 Å². The van der Waals surface area contributed by atoms with Gasteiger partial charge in [0.05, 0.1) is 21.2 Å². The van der Waals surface area contributed by atoms with Crippen molar-refractivity contribution >= 4 is 19.4 Å². The van der Waals surface area contributed by atoms with Crippen LogP contribution in [0.15, 0.2) is 24.3 Å². The number of amides is 1. The molecule has 2 rings (SSSR count). The van der Waals surface area contributed by atoms with Crippen molar-refractivity contribution in [3.05, 3.63) is 29.8 Å². The minimum absolute atomic E-state index is 0.161. The summed E-state index contributed by atoms with van der Waals surface area (Å²) in [5.41, 5.74) is -0.196. The monoisotopic (exact) mass is 265 g/mol. The Hall–Kier alpha value is -1.33. The maximum Gasteiger partial charge on any atom is 0.407 e. The quantitative estimate of drug-likeness (QED) is 0.795. The number of nitrogens with zero attached hydrogens (tertiary/aromatic N) is 1. The molecular formula is C13H19NO3Si. The Balaban J connectivity index is 2.14. The highest BCUT2D eigenvalue weighted by Gasteiger charge is 2.45. The van der Waals surface area contributed by atoms with Crippen molar-refractivity contribution in [1.29, 1.82) is 0 Å². The van der Waals surface area contributed by atoms with Gasteiger partial charge in [-0.25, -0.2) is 4.79 Å². The maximum absolute atomic E-state index is 10.7. The predicted molar refractivity (Wildman–Crippen MR) is 72.9 cm³/mol. The molecule has 1 aliphatic rings. The first-order valence-electron chi connectivity index (χ1n) is 6.04. The lowest BCUT2D eigenvalue weighted by Crippen LogP contribution is -2.61. The fraction of sp³-hybridized carbons (Fsp3) is 0.462. The lowest BCUT2D eigenvalue weighted by molar-refractivity contribution is -0.0898. The van der Waals surface area contributed by atoms with E-state index in [0.717, 1.165) is 5.56 Å². The van der Waals surface area contributed by atoms with Crippen LogP contribution >= 0.6 is 0 Å². The Morgan fingerprint density at radius 2 is 1.72 bits per heavy atom. The van der Waals surface area contributed by atoms with E-state index < -0.39 is 19.8 Å². The second-order valence-electron chi connectivity index (χ2n) is 6.00. The lowest BCUT2D eigenvalue weighted by atomic mass is 9.86. The number of β-amino-alcohol motifs (C(OH)–C–C–N with tert-alkyl or cyclic N) is 1. The topological polar surface area (TPSA) is 60.8 Å². The minimum Gasteiger partial charge on any atom is -0.465 e. The average Bonchev–Trinajstić information content (AvgIpc) is 2.23. The van der Waals surface area contributed by atoms with Crippen LogP contribution in [0.5, 0.6) is 0 Å². The number of aliphatic hydroxyl groups is 1. The molecule has 1 amide bonds. The number of likely N-dealkylation sites (tertiary alicyclic amines) is 1. The van der Waals surface area contributed by atoms with Crippen molar-refractivity contribution < 1.29 is 15.0 Å². The zero-order chi connectivity index (χ0) is 13.6. The summed E-state index contributed by atoms with van der Waals surface area (Å²) >= 11 is 0. The molecule has 0 aromatic heterocycles. The van der Waals surface area contributed by atoms with Gasteiger partial charge in [0.2, 0.25) is 0 Å². The minimum atomic E-state index is -1.33. The molecule has 98 valence electrons. The van der Waals surface area contributed by atoms with Crippen molar-refractivity contribution in [1.82, 2.24) is 4.90 Å². The van der Waals surface area contributed by atoms with E-state index in [-0.39, 0.29) is 13.1 Å². The van der Waals surface area contributed by atoms with Gasteiger partial charge in [-0.3, -0.25) is 0 Å². The molecule has 2 N–H and O–H groups in total. The van der Waals surface area contributed by atoms with Crippen molar-refractivity contribution in [3.8, 4) is 0 Å². The number of carbonyl (C=O) groups is 1. The van der Waals surface area contributed by atoms with Gasteiger partial charge in [-0.1, -0.05) is 49.1 Å². The number of hydrogen-bond acceptors (Lipinski definition) is 2. The normalized spacial score (nSPS) is 18.3. The third kappa shape index (κ3) is 2.28. The first kappa shape index (κ1) is 13.1. The van der Waals surface area contributed by atoms with E-state index in [1.165, 1.54) is 10.1 Å². The van der Waals surface area contributed by atoms with Crippen LogP contribution in [0.25, 0.3) is 0 Å². The summed E-state index contributed by atoms with van der Waals surface area (Å²) in [6, 6.07) is 7.96. The van der Waals surface area contributed by atoms with E-state index in [1.54, 1.807) is 0 Å². The van der Waals surface area contributed by atoms with Gasteiger partial charge in [-0.2, -0.15) is 0 Å². The third-order valence-corrected chi connectivity index (χ3v) is 5.53. The molecule has 5 heteroatoms. The second-order valence-corrected chi connectivity index (χ2v) is 11.1. The van der Waals surface area contributed by atoms with Crippen LogP contribution in [0.4, 0.5) is 4.79 Å². The van der Waals surface area contributed by atoms with Crippen LogP contribution in [0.1, 0.15) is 5.56 Å². The Morgan fingerprint density at radius 1 is 1.22 bits per heavy atom. The molecule has 1 fully saturated rings. The number of rotatable bonds is 2. The van der Waals surface area contributed by atoms with E-state index in [1.807, 2.05) is 12.1 Å². The first-order chi connectivity index (χ1) is 8.22. The Kier molecular flexibility index (Phi) is 2.99. The summed E-state index contributed by atoms with van der Waals surface area (Å²) in [6.07, 6.45) is -0.974. The van der Waals surface area contributed by atoms with Gasteiger partial charge in [0.15, 0.2) is 0 Å². The van der Waals surface area contributed by atoms with Crippen molar-refractivity contribution in [2.24, 2.45) is 0 Å². The van der Waals surface area contributed by atoms with Gasteiger partial charge in [0, 0.05) is 0 Å². The molecule has 0 bridgehead atoms. The molecule has 0 aliphatic carbocycles. The Labute approximate surface area is 108 Å². The molecule has 1 aromatic rings. The van der Waals surface area contributed by atoms with E-state index >= 15 is 0 Å². The maximum atomic E-state index is 10.7. The summed E-state index contributed by atoms with van der Waals surface area (Å²) in [4.78, 5) is 11.9. The largest absolute Gasteiger partial charge is 0.465 e. The third-order valence-electron chi connectivity index (χ3n) is 3.46. The standard InChI is InChI=1S/C13H19NO3Si/c1-18(2,3)11-6-4-10(5-7-11)13(17)8-14(9-13)12(15)16/h4-7,17H,8-9H2,1-3H3,(H,15,16). The lowest BCUT2D eigenvalue weighted by Gasteiger charge is -2.45. The highest BCUT2D eigenvalue weighted by molar-refractivity contribution is 6.88. The van der Waals surface area contributed by atoms with Gasteiger partial charge in [-0.05, 0) is 5.56 Å². The van der Waals surface area contributed by atoms with Crippen molar-refractivity contribution in [3.63, 3.8) is 0 Å². The highest BCUT2D eigenvalue weighted by Crippen LogP contribution is 2.31. The van der Waals surface area contributed by atoms with Crippen LogP contribution in [0.2, 0.25) is 19.6 Å². The van der Waals surface area contributed by atoms with Crippen LogP contribution in [0.3, 0.4) is 0 Å². The summed E-state index contributed by atoms with van der Waals surface area (Å²) in [5, 5.41) is 20.4. The van der Waals surface area contributed by atoms with Crippen LogP contribution in [0, 0.1) is 0 Å². The van der Waals surface area contributed by atoms with E-state index in [2.05, 4.69) is 31.8 Å². The number of carboxylic acid groups (broad SMARTS) is 1. The Bertz CT molecular complexity index is 458. The summed E-state index contributed by atoms with van der Waals surface area (Å²) in [7, 11) is -1.33. The molecule has 1 aromatic carbocycles. The predicted octanol–water partition coefficient (Wildman–Crippen LogP) is 1.41. The molecule has 0 radical (unpaired) electrons. The molecule has 18 heavy (non-hydrogen) atoms. The average molecular weight is 265 g/mol. The molecule has 4 nitrogen and oxygen atoms in total. The highest BCUT2D eigenvalue weighted by atomic mass is 28.3. The molecule has 0 atom stereocenters. The number of benzene rings is 1. The molecule has 0 unspecified atom stereocenters.